The molecule has 0 aromatic heterocycles. The summed E-state index contributed by atoms with van der Waals surface area (Å²) in [6.07, 6.45) is 2.01. The summed E-state index contributed by atoms with van der Waals surface area (Å²) < 4.78 is 4.53. The number of rotatable bonds is 8. The minimum Gasteiger partial charge on any atom is -0.468 e. The van der Waals surface area contributed by atoms with Gasteiger partial charge in [0.1, 0.15) is 0 Å². The second-order valence-electron chi connectivity index (χ2n) is 4.54. The van der Waals surface area contributed by atoms with Crippen molar-refractivity contribution in [3.05, 3.63) is 21.6 Å². The van der Waals surface area contributed by atoms with Crippen molar-refractivity contribution in [2.45, 2.75) is 13.0 Å². The monoisotopic (exact) mass is 335 g/mol. The summed E-state index contributed by atoms with van der Waals surface area (Å²) in [6.45, 7) is 3.51. The van der Waals surface area contributed by atoms with Crippen LogP contribution in [0.15, 0.2) is 11.5 Å². The Hall–Kier alpha value is -1.09. The number of ether oxygens (including phenoxy) is 1. The van der Waals surface area contributed by atoms with E-state index in [0.29, 0.717) is 12.4 Å². The van der Waals surface area contributed by atoms with Crippen molar-refractivity contribution >= 4 is 29.5 Å². The van der Waals surface area contributed by atoms with E-state index in [1.807, 2.05) is 18.1 Å². The van der Waals surface area contributed by atoms with Crippen molar-refractivity contribution < 1.29 is 14.5 Å². The number of nitrogens with zero attached hydrogens (tertiary/aromatic N) is 2. The van der Waals surface area contributed by atoms with E-state index in [2.05, 4.69) is 10.1 Å². The van der Waals surface area contributed by atoms with Crippen LogP contribution in [0.5, 0.6) is 0 Å². The Labute approximate surface area is 133 Å². The summed E-state index contributed by atoms with van der Waals surface area (Å²) in [5.41, 5.74) is 0.120. The zero-order chi connectivity index (χ0) is 15.8. The highest BCUT2D eigenvalue weighted by atomic mass is 32.2. The van der Waals surface area contributed by atoms with Crippen molar-refractivity contribution in [2.75, 3.05) is 43.7 Å². The fourth-order valence-corrected chi connectivity index (χ4v) is 3.16. The summed E-state index contributed by atoms with van der Waals surface area (Å²) in [5.74, 6) is 1.41. The van der Waals surface area contributed by atoms with Gasteiger partial charge in [-0.1, -0.05) is 0 Å². The van der Waals surface area contributed by atoms with Gasteiger partial charge in [-0.05, 0) is 13.2 Å². The number of esters is 1. The lowest BCUT2D eigenvalue weighted by molar-refractivity contribution is -0.425. The highest BCUT2D eigenvalue weighted by molar-refractivity contribution is 8.00. The van der Waals surface area contributed by atoms with Crippen LogP contribution in [0.3, 0.4) is 0 Å². The van der Waals surface area contributed by atoms with Gasteiger partial charge in [0, 0.05) is 24.9 Å². The number of thioether (sulfide) groups is 2. The van der Waals surface area contributed by atoms with E-state index in [-0.39, 0.29) is 34.1 Å². The number of nitrogens with one attached hydrogen (secondary N) is 1. The molecule has 0 amide bonds. The molecular formula is C12H21N3O4S2. The van der Waals surface area contributed by atoms with Crippen molar-refractivity contribution in [1.82, 2.24) is 10.2 Å². The summed E-state index contributed by atoms with van der Waals surface area (Å²) >= 11 is 2.90. The molecule has 1 N–H and O–H groups in total. The lowest BCUT2D eigenvalue weighted by Gasteiger charge is -2.23. The number of hydrogen-bond donors (Lipinski definition) is 1. The highest BCUT2D eigenvalue weighted by Crippen LogP contribution is 2.21. The van der Waals surface area contributed by atoms with Crippen LogP contribution in [0, 0.1) is 10.1 Å². The molecule has 1 unspecified atom stereocenters. The second-order valence-corrected chi connectivity index (χ2v) is 6.51. The van der Waals surface area contributed by atoms with Crippen molar-refractivity contribution in [1.29, 1.82) is 0 Å². The quantitative estimate of drug-likeness (QED) is 0.399. The lowest BCUT2D eigenvalue weighted by Crippen LogP contribution is -2.31. The maximum Gasteiger partial charge on any atom is 0.315 e. The minimum absolute atomic E-state index is 0.113. The average molecular weight is 335 g/mol. The van der Waals surface area contributed by atoms with Crippen LogP contribution in [-0.2, 0) is 9.53 Å². The Kier molecular flexibility index (Phi) is 7.73. The first-order valence-electron chi connectivity index (χ1n) is 6.52. The molecule has 1 atom stereocenters. The van der Waals surface area contributed by atoms with Gasteiger partial charge in [0.2, 0.25) is 0 Å². The average Bonchev–Trinajstić information content (AvgIpc) is 2.81. The van der Waals surface area contributed by atoms with Crippen LogP contribution < -0.4 is 5.32 Å². The molecule has 0 bridgehead atoms. The predicted molar refractivity (Wildman–Crippen MR) is 85.9 cm³/mol. The van der Waals surface area contributed by atoms with Crippen LogP contribution >= 0.6 is 23.5 Å². The normalized spacial score (nSPS) is 20.1. The third-order valence-corrected chi connectivity index (χ3v) is 4.61. The van der Waals surface area contributed by atoms with Gasteiger partial charge in [-0.2, -0.15) is 11.8 Å². The van der Waals surface area contributed by atoms with Crippen LogP contribution in [0.2, 0.25) is 0 Å². The number of carbonyl (C=O) groups excluding carboxylic acids is 1. The molecular weight excluding hydrogens is 314 g/mol. The maximum absolute atomic E-state index is 11.3. The second kappa shape index (κ2) is 9.04. The molecule has 1 aliphatic heterocycles. The topological polar surface area (TPSA) is 84.7 Å². The van der Waals surface area contributed by atoms with Crippen molar-refractivity contribution in [2.24, 2.45) is 0 Å². The van der Waals surface area contributed by atoms with E-state index in [1.54, 1.807) is 11.8 Å². The molecule has 0 aliphatic carbocycles. The first-order valence-corrected chi connectivity index (χ1v) is 9.07. The van der Waals surface area contributed by atoms with E-state index < -0.39 is 0 Å². The first kappa shape index (κ1) is 18.0. The minimum atomic E-state index is -0.375. The van der Waals surface area contributed by atoms with Gasteiger partial charge in [0.05, 0.1) is 23.5 Å². The third kappa shape index (κ3) is 5.31. The number of methoxy groups -OCH3 is 1. The third-order valence-electron chi connectivity index (χ3n) is 3.10. The highest BCUT2D eigenvalue weighted by Gasteiger charge is 2.31. The van der Waals surface area contributed by atoms with E-state index >= 15 is 0 Å². The van der Waals surface area contributed by atoms with Gasteiger partial charge in [-0.15, -0.1) is 11.8 Å². The molecule has 0 radical (unpaired) electrons. The Morgan fingerprint density at radius 2 is 2.29 bits per heavy atom. The molecule has 120 valence electrons. The molecule has 0 aromatic carbocycles. The van der Waals surface area contributed by atoms with Gasteiger partial charge >= 0.3 is 5.97 Å². The van der Waals surface area contributed by atoms with Gasteiger partial charge in [-0.3, -0.25) is 14.9 Å². The summed E-state index contributed by atoms with van der Waals surface area (Å²) in [7, 11) is 1.31. The number of hydrogen-bond acceptors (Lipinski definition) is 8. The van der Waals surface area contributed by atoms with E-state index in [1.165, 1.54) is 18.9 Å². The zero-order valence-corrected chi connectivity index (χ0v) is 14.1. The molecule has 0 aromatic rings. The summed E-state index contributed by atoms with van der Waals surface area (Å²) in [4.78, 5) is 24.1. The van der Waals surface area contributed by atoms with Crippen LogP contribution in [0.1, 0.15) is 6.92 Å². The van der Waals surface area contributed by atoms with Gasteiger partial charge < -0.3 is 15.0 Å². The Morgan fingerprint density at radius 1 is 1.57 bits per heavy atom. The van der Waals surface area contributed by atoms with E-state index in [0.717, 1.165) is 12.3 Å². The van der Waals surface area contributed by atoms with Gasteiger partial charge in [0.25, 0.3) is 5.70 Å². The van der Waals surface area contributed by atoms with Crippen LogP contribution in [0.4, 0.5) is 0 Å². The van der Waals surface area contributed by atoms with Gasteiger partial charge in [-0.25, -0.2) is 0 Å². The molecule has 1 heterocycles. The Morgan fingerprint density at radius 3 is 2.86 bits per heavy atom. The standard InChI is InChI=1S/C12H21N3O4S2/c1-9-6-13-12(14(9)4-5-20-3)10(15(17)18)7-21-8-11(16)19-2/h9,13H,4-8H2,1-3H3. The van der Waals surface area contributed by atoms with Crippen LogP contribution in [-0.4, -0.2) is 65.5 Å². The summed E-state index contributed by atoms with van der Waals surface area (Å²) in [5, 5.41) is 14.4. The van der Waals surface area contributed by atoms with E-state index in [9.17, 15) is 14.9 Å². The molecule has 7 nitrogen and oxygen atoms in total. The zero-order valence-electron chi connectivity index (χ0n) is 12.5. The molecule has 1 rings (SSSR count). The molecule has 0 saturated carbocycles. The fourth-order valence-electron chi connectivity index (χ4n) is 1.96. The number of carbonyl (C=O) groups is 1. The van der Waals surface area contributed by atoms with Crippen LogP contribution in [0.25, 0.3) is 0 Å². The molecule has 9 heteroatoms. The molecule has 1 saturated heterocycles. The van der Waals surface area contributed by atoms with Crippen molar-refractivity contribution in [3.8, 4) is 0 Å². The summed E-state index contributed by atoms with van der Waals surface area (Å²) in [6, 6.07) is 0.229. The SMILES string of the molecule is COC(=O)CSCC(=C1NCC(C)N1CCSC)[N+](=O)[O-]. The van der Waals surface area contributed by atoms with E-state index in [4.69, 9.17) is 0 Å². The first-order chi connectivity index (χ1) is 10.0. The fraction of sp³-hybridized carbons (Fsp3) is 0.750. The molecule has 21 heavy (non-hydrogen) atoms. The predicted octanol–water partition coefficient (Wildman–Crippen LogP) is 0.995. The number of nitro groups is 1. The smallest absolute Gasteiger partial charge is 0.315 e. The lowest BCUT2D eigenvalue weighted by atomic mass is 10.3. The Balaban J connectivity index is 2.79. The molecule has 0 spiro atoms. The molecule has 1 fully saturated rings. The maximum atomic E-state index is 11.3. The Bertz CT molecular complexity index is 417. The largest absolute Gasteiger partial charge is 0.468 e. The van der Waals surface area contributed by atoms with Gasteiger partial charge in [0.15, 0.2) is 5.82 Å². The van der Waals surface area contributed by atoms with Crippen molar-refractivity contribution in [3.63, 3.8) is 0 Å². The molecule has 1 aliphatic rings.